The number of nitrogens with one attached hydrogen (secondary N) is 1. The van der Waals surface area contributed by atoms with Crippen LogP contribution < -0.4 is 4.99 Å². The highest BCUT2D eigenvalue weighted by atomic mass is 16.1. The summed E-state index contributed by atoms with van der Waals surface area (Å²) >= 11 is 0. The summed E-state index contributed by atoms with van der Waals surface area (Å²) in [4.78, 5) is 15.4. The van der Waals surface area contributed by atoms with E-state index in [1.807, 2.05) is 0 Å². The van der Waals surface area contributed by atoms with Gasteiger partial charge in [0.25, 0.3) is 0 Å². The number of Topliss-reactive ketones (excluding diaryl/α,β-unsaturated/α-hetero) is 1. The smallest absolute Gasteiger partial charge is 0.158 e. The minimum Gasteiger partial charge on any atom is -0.299 e. The van der Waals surface area contributed by atoms with E-state index in [2.05, 4.69) is 50.0 Å². The van der Waals surface area contributed by atoms with Crippen LogP contribution in [0.4, 0.5) is 0 Å². The second kappa shape index (κ2) is 6.14. The summed E-state index contributed by atoms with van der Waals surface area (Å²) in [6.45, 7) is 7.44. The normalized spacial score (nSPS) is 22.2. The van der Waals surface area contributed by atoms with Gasteiger partial charge < -0.3 is 0 Å². The molecular formula is C17H24NO+. The van der Waals surface area contributed by atoms with Crippen LogP contribution in [0.1, 0.15) is 50.2 Å². The van der Waals surface area contributed by atoms with E-state index >= 15 is 0 Å². The van der Waals surface area contributed by atoms with Gasteiger partial charge in [-0.2, -0.15) is 0 Å². The Hall–Kier alpha value is -1.44. The zero-order valence-corrected chi connectivity index (χ0v) is 12.2. The van der Waals surface area contributed by atoms with Crippen LogP contribution in [0.25, 0.3) is 0 Å². The Labute approximate surface area is 115 Å². The fourth-order valence-electron chi connectivity index (χ4n) is 2.58. The monoisotopic (exact) mass is 258 g/mol. The first kappa shape index (κ1) is 14.0. The molecule has 1 aliphatic rings. The molecule has 19 heavy (non-hydrogen) atoms. The number of benzene rings is 1. The maximum atomic E-state index is 11.9. The third-order valence-electron chi connectivity index (χ3n) is 3.69. The highest BCUT2D eigenvalue weighted by Crippen LogP contribution is 2.28. The van der Waals surface area contributed by atoms with Crippen LogP contribution >= 0.6 is 0 Å². The number of aryl methyl sites for hydroxylation is 1. The highest BCUT2D eigenvalue weighted by molar-refractivity contribution is 6.02. The molecule has 1 aromatic rings. The average molecular weight is 258 g/mol. The Kier molecular flexibility index (Phi) is 4.52. The second-order valence-electron chi connectivity index (χ2n) is 6.11. The zero-order valence-electron chi connectivity index (χ0n) is 12.2. The van der Waals surface area contributed by atoms with Gasteiger partial charge in [-0.1, -0.05) is 43.7 Å². The lowest BCUT2D eigenvalue weighted by Crippen LogP contribution is -2.75. The van der Waals surface area contributed by atoms with Crippen molar-refractivity contribution in [3.05, 3.63) is 35.4 Å². The highest BCUT2D eigenvalue weighted by Gasteiger charge is 2.28. The molecule has 0 bridgehead atoms. The van der Waals surface area contributed by atoms with Crippen LogP contribution in [-0.4, -0.2) is 18.0 Å². The Balaban J connectivity index is 2.11. The molecule has 1 atom stereocenters. The predicted molar refractivity (Wildman–Crippen MR) is 78.5 cm³/mol. The van der Waals surface area contributed by atoms with Crippen LogP contribution in [0, 0.1) is 12.8 Å². The first-order valence-electron chi connectivity index (χ1n) is 7.21. The summed E-state index contributed by atoms with van der Waals surface area (Å²) in [5, 5.41) is 0. The van der Waals surface area contributed by atoms with Gasteiger partial charge in [-0.15, -0.1) is 0 Å². The maximum absolute atomic E-state index is 11.9. The van der Waals surface area contributed by atoms with Crippen molar-refractivity contribution in [2.45, 2.75) is 46.0 Å². The van der Waals surface area contributed by atoms with Crippen LogP contribution in [-0.2, 0) is 4.79 Å². The first-order valence-corrected chi connectivity index (χ1v) is 7.21. The van der Waals surface area contributed by atoms with Gasteiger partial charge in [-0.25, -0.2) is 4.99 Å². The molecule has 0 heterocycles. The topological polar surface area (TPSA) is 31.0 Å². The van der Waals surface area contributed by atoms with E-state index in [0.717, 1.165) is 13.0 Å². The van der Waals surface area contributed by atoms with Crippen LogP contribution in [0.3, 0.4) is 0 Å². The SMILES string of the molecule is Cc1ccc([C@@H]2CC(=O)CC(=[NH+]CC(C)C)C2)cc1. The molecule has 0 amide bonds. The molecule has 0 aromatic heterocycles. The molecule has 0 saturated heterocycles. The van der Waals surface area contributed by atoms with Gasteiger partial charge in [0.1, 0.15) is 12.3 Å². The molecule has 1 aliphatic carbocycles. The fraction of sp³-hybridized carbons (Fsp3) is 0.529. The molecule has 2 heteroatoms. The Morgan fingerprint density at radius 2 is 1.89 bits per heavy atom. The Bertz CT molecular complexity index is 471. The lowest BCUT2D eigenvalue weighted by Gasteiger charge is -2.20. The first-order chi connectivity index (χ1) is 9.04. The third kappa shape index (κ3) is 4.02. The van der Waals surface area contributed by atoms with Crippen molar-refractivity contribution in [3.8, 4) is 0 Å². The summed E-state index contributed by atoms with van der Waals surface area (Å²) in [5.74, 6) is 1.34. The van der Waals surface area contributed by atoms with Crippen molar-refractivity contribution >= 4 is 11.5 Å². The van der Waals surface area contributed by atoms with Crippen molar-refractivity contribution in [3.63, 3.8) is 0 Å². The molecule has 0 spiro atoms. The lowest BCUT2D eigenvalue weighted by atomic mass is 9.82. The van der Waals surface area contributed by atoms with Gasteiger partial charge in [0, 0.05) is 24.7 Å². The van der Waals surface area contributed by atoms with Crippen molar-refractivity contribution in [2.24, 2.45) is 5.92 Å². The molecular weight excluding hydrogens is 234 g/mol. The average Bonchev–Trinajstić information content (AvgIpc) is 2.36. The summed E-state index contributed by atoms with van der Waals surface area (Å²) in [6.07, 6.45) is 2.31. The summed E-state index contributed by atoms with van der Waals surface area (Å²) in [7, 11) is 0. The number of ketones is 1. The largest absolute Gasteiger partial charge is 0.299 e. The minimum absolute atomic E-state index is 0.358. The number of hydrogen-bond acceptors (Lipinski definition) is 1. The van der Waals surface area contributed by atoms with E-state index in [0.29, 0.717) is 30.5 Å². The van der Waals surface area contributed by atoms with Gasteiger partial charge in [-0.3, -0.25) is 4.79 Å². The summed E-state index contributed by atoms with van der Waals surface area (Å²) in [6, 6.07) is 8.60. The van der Waals surface area contributed by atoms with E-state index in [4.69, 9.17) is 0 Å². The summed E-state index contributed by atoms with van der Waals surface area (Å²) in [5.41, 5.74) is 3.78. The summed E-state index contributed by atoms with van der Waals surface area (Å²) < 4.78 is 0. The molecule has 0 radical (unpaired) electrons. The van der Waals surface area contributed by atoms with Crippen molar-refractivity contribution in [1.82, 2.24) is 0 Å². The predicted octanol–water partition coefficient (Wildman–Crippen LogP) is 2.01. The van der Waals surface area contributed by atoms with Crippen molar-refractivity contribution in [1.29, 1.82) is 0 Å². The van der Waals surface area contributed by atoms with Crippen molar-refractivity contribution in [2.75, 3.05) is 6.54 Å². The molecule has 2 rings (SSSR count). The number of hydrogen-bond donors (Lipinski definition) is 1. The quantitative estimate of drug-likeness (QED) is 0.883. The van der Waals surface area contributed by atoms with Gasteiger partial charge in [0.2, 0.25) is 0 Å². The zero-order chi connectivity index (χ0) is 13.8. The second-order valence-corrected chi connectivity index (χ2v) is 6.11. The number of rotatable bonds is 3. The lowest BCUT2D eigenvalue weighted by molar-refractivity contribution is -0.467. The van der Waals surface area contributed by atoms with Crippen molar-refractivity contribution < 1.29 is 9.79 Å². The molecule has 1 fully saturated rings. The maximum Gasteiger partial charge on any atom is 0.158 e. The van der Waals surface area contributed by atoms with Crippen LogP contribution in [0.2, 0.25) is 0 Å². The van der Waals surface area contributed by atoms with Gasteiger partial charge >= 0.3 is 0 Å². The van der Waals surface area contributed by atoms with E-state index in [1.54, 1.807) is 0 Å². The Morgan fingerprint density at radius 3 is 2.53 bits per heavy atom. The van der Waals surface area contributed by atoms with E-state index in [9.17, 15) is 4.79 Å². The van der Waals surface area contributed by atoms with E-state index < -0.39 is 0 Å². The standard InChI is InChI=1S/C17H23NO/c1-12(2)11-18-16-8-15(9-17(19)10-16)14-6-4-13(3)5-7-14/h4-7,12,15H,8-11H2,1-3H3/p+1/t15-/m0/s1. The fourth-order valence-corrected chi connectivity index (χ4v) is 2.58. The molecule has 1 saturated carbocycles. The van der Waals surface area contributed by atoms with E-state index in [1.165, 1.54) is 16.8 Å². The molecule has 0 unspecified atom stereocenters. The minimum atomic E-state index is 0.358. The molecule has 1 aromatic carbocycles. The number of carbonyl (C=O) groups is 1. The third-order valence-corrected chi connectivity index (χ3v) is 3.69. The van der Waals surface area contributed by atoms with Gasteiger partial charge in [-0.05, 0) is 12.5 Å². The van der Waals surface area contributed by atoms with E-state index in [-0.39, 0.29) is 0 Å². The van der Waals surface area contributed by atoms with Crippen LogP contribution in [0.5, 0.6) is 0 Å². The van der Waals surface area contributed by atoms with Gasteiger partial charge in [0.05, 0.1) is 6.42 Å². The molecule has 0 aliphatic heterocycles. The molecule has 2 nitrogen and oxygen atoms in total. The Morgan fingerprint density at radius 1 is 1.21 bits per heavy atom. The number of carbonyl (C=O) groups excluding carboxylic acids is 1. The molecule has 102 valence electrons. The van der Waals surface area contributed by atoms with Gasteiger partial charge in [0.15, 0.2) is 5.71 Å². The molecule has 1 N–H and O–H groups in total. The van der Waals surface area contributed by atoms with Crippen LogP contribution in [0.15, 0.2) is 24.3 Å².